The standard InChI is InChI=1S/C14H15ClFN3O3S/c1-8(2)23(21,22)18-14(20)11-7-19(3)13(17-11)12-9(15)5-4-6-10(12)16/h4-8H,1-3H3,(H,18,20). The van der Waals surface area contributed by atoms with Crippen molar-refractivity contribution in [3.8, 4) is 11.4 Å². The van der Waals surface area contributed by atoms with Crippen LogP contribution in [0.5, 0.6) is 0 Å². The van der Waals surface area contributed by atoms with Crippen LogP contribution in [0.2, 0.25) is 5.02 Å². The van der Waals surface area contributed by atoms with Crippen molar-refractivity contribution >= 4 is 27.5 Å². The quantitative estimate of drug-likeness (QED) is 0.908. The molecule has 2 rings (SSSR count). The zero-order chi connectivity index (χ0) is 17.4. The first-order valence-electron chi connectivity index (χ1n) is 6.67. The second-order valence-electron chi connectivity index (χ2n) is 5.18. The molecule has 0 saturated carbocycles. The van der Waals surface area contributed by atoms with Gasteiger partial charge in [-0.3, -0.25) is 4.79 Å². The van der Waals surface area contributed by atoms with E-state index in [-0.39, 0.29) is 22.1 Å². The zero-order valence-corrected chi connectivity index (χ0v) is 14.2. The summed E-state index contributed by atoms with van der Waals surface area (Å²) in [4.78, 5) is 16.0. The molecule has 6 nitrogen and oxygen atoms in total. The van der Waals surface area contributed by atoms with Crippen LogP contribution in [0.4, 0.5) is 4.39 Å². The van der Waals surface area contributed by atoms with Crippen LogP contribution in [-0.4, -0.2) is 29.1 Å². The van der Waals surface area contributed by atoms with E-state index in [0.29, 0.717) is 0 Å². The zero-order valence-electron chi connectivity index (χ0n) is 12.7. The molecule has 0 aliphatic carbocycles. The van der Waals surface area contributed by atoms with Crippen molar-refractivity contribution in [3.63, 3.8) is 0 Å². The molecule has 1 amide bonds. The predicted octanol–water partition coefficient (Wildman–Crippen LogP) is 2.35. The molecular weight excluding hydrogens is 345 g/mol. The largest absolute Gasteiger partial charge is 0.333 e. The topological polar surface area (TPSA) is 81.1 Å². The van der Waals surface area contributed by atoms with E-state index >= 15 is 0 Å². The van der Waals surface area contributed by atoms with Crippen molar-refractivity contribution in [2.45, 2.75) is 19.1 Å². The lowest BCUT2D eigenvalue weighted by Crippen LogP contribution is -2.36. The SMILES string of the molecule is CC(C)S(=O)(=O)NC(=O)c1cn(C)c(-c2c(F)cccc2Cl)n1. The molecule has 0 saturated heterocycles. The van der Waals surface area contributed by atoms with Crippen LogP contribution in [0.3, 0.4) is 0 Å². The normalized spacial score (nSPS) is 11.7. The number of nitrogens with zero attached hydrogens (tertiary/aromatic N) is 2. The summed E-state index contributed by atoms with van der Waals surface area (Å²) in [7, 11) is -2.22. The predicted molar refractivity (Wildman–Crippen MR) is 85.1 cm³/mol. The Labute approximate surface area is 138 Å². The van der Waals surface area contributed by atoms with E-state index in [4.69, 9.17) is 11.6 Å². The summed E-state index contributed by atoms with van der Waals surface area (Å²) >= 11 is 5.98. The van der Waals surface area contributed by atoms with Gasteiger partial charge in [-0.25, -0.2) is 22.5 Å². The average molecular weight is 360 g/mol. The van der Waals surface area contributed by atoms with Gasteiger partial charge in [0.2, 0.25) is 10.0 Å². The van der Waals surface area contributed by atoms with E-state index in [1.165, 1.54) is 42.8 Å². The van der Waals surface area contributed by atoms with E-state index in [9.17, 15) is 17.6 Å². The molecule has 0 atom stereocenters. The summed E-state index contributed by atoms with van der Waals surface area (Å²) < 4.78 is 40.8. The van der Waals surface area contributed by atoms with Crippen molar-refractivity contribution in [1.82, 2.24) is 14.3 Å². The summed E-state index contributed by atoms with van der Waals surface area (Å²) in [5.41, 5.74) is -0.103. The second-order valence-corrected chi connectivity index (χ2v) is 7.83. The molecule has 0 aliphatic rings. The van der Waals surface area contributed by atoms with Crippen molar-refractivity contribution in [2.75, 3.05) is 0 Å². The maximum atomic E-state index is 14.0. The average Bonchev–Trinajstić information content (AvgIpc) is 2.80. The summed E-state index contributed by atoms with van der Waals surface area (Å²) in [6, 6.07) is 4.17. The van der Waals surface area contributed by atoms with Crippen molar-refractivity contribution in [3.05, 3.63) is 40.9 Å². The van der Waals surface area contributed by atoms with Gasteiger partial charge in [0, 0.05) is 13.2 Å². The van der Waals surface area contributed by atoms with Gasteiger partial charge in [0.25, 0.3) is 5.91 Å². The van der Waals surface area contributed by atoms with Gasteiger partial charge in [-0.1, -0.05) is 17.7 Å². The molecule has 23 heavy (non-hydrogen) atoms. The van der Waals surface area contributed by atoms with Gasteiger partial charge < -0.3 is 4.57 Å². The van der Waals surface area contributed by atoms with E-state index in [1.54, 1.807) is 7.05 Å². The molecule has 0 bridgehead atoms. The van der Waals surface area contributed by atoms with E-state index < -0.39 is 27.0 Å². The van der Waals surface area contributed by atoms with Crippen molar-refractivity contribution < 1.29 is 17.6 Å². The molecule has 1 aromatic carbocycles. The van der Waals surface area contributed by atoms with Crippen LogP contribution in [-0.2, 0) is 17.1 Å². The van der Waals surface area contributed by atoms with Crippen LogP contribution < -0.4 is 4.72 Å². The highest BCUT2D eigenvalue weighted by atomic mass is 35.5. The number of carbonyl (C=O) groups excluding carboxylic acids is 1. The summed E-state index contributed by atoms with van der Waals surface area (Å²) in [5.74, 6) is -1.35. The van der Waals surface area contributed by atoms with Crippen LogP contribution in [0.15, 0.2) is 24.4 Å². The minimum atomic E-state index is -3.78. The van der Waals surface area contributed by atoms with Gasteiger partial charge in [0.15, 0.2) is 0 Å². The highest BCUT2D eigenvalue weighted by Gasteiger charge is 2.23. The molecule has 0 spiro atoms. The van der Waals surface area contributed by atoms with Crippen molar-refractivity contribution in [2.24, 2.45) is 7.05 Å². The Hall–Kier alpha value is -1.93. The highest BCUT2D eigenvalue weighted by Crippen LogP contribution is 2.29. The number of carbonyl (C=O) groups is 1. The minimum Gasteiger partial charge on any atom is -0.333 e. The Morgan fingerprint density at radius 1 is 1.39 bits per heavy atom. The summed E-state index contributed by atoms with van der Waals surface area (Å²) in [5, 5.41) is -0.629. The third-order valence-corrected chi connectivity index (χ3v) is 5.18. The minimum absolute atomic E-state index is 0.0439. The fraction of sp³-hybridized carbons (Fsp3) is 0.286. The molecule has 0 unspecified atom stereocenters. The lowest BCUT2D eigenvalue weighted by Gasteiger charge is -2.07. The Bertz CT molecular complexity index is 842. The lowest BCUT2D eigenvalue weighted by atomic mass is 10.2. The number of hydrogen-bond donors (Lipinski definition) is 1. The molecular formula is C14H15ClFN3O3S. The highest BCUT2D eigenvalue weighted by molar-refractivity contribution is 7.90. The van der Waals surface area contributed by atoms with Gasteiger partial charge in [0.05, 0.1) is 15.8 Å². The summed E-state index contributed by atoms with van der Waals surface area (Å²) in [6.45, 7) is 2.89. The number of benzene rings is 1. The number of sulfonamides is 1. The van der Waals surface area contributed by atoms with E-state index in [1.807, 2.05) is 4.72 Å². The van der Waals surface area contributed by atoms with Crippen LogP contribution in [0.1, 0.15) is 24.3 Å². The number of aromatic nitrogens is 2. The maximum Gasteiger partial charge on any atom is 0.284 e. The van der Waals surface area contributed by atoms with Crippen LogP contribution in [0.25, 0.3) is 11.4 Å². The third kappa shape index (κ3) is 3.53. The summed E-state index contributed by atoms with van der Waals surface area (Å²) in [6.07, 6.45) is 1.31. The number of amides is 1. The molecule has 0 aliphatic heterocycles. The Morgan fingerprint density at radius 3 is 2.61 bits per heavy atom. The molecule has 9 heteroatoms. The van der Waals surface area contributed by atoms with Gasteiger partial charge in [-0.15, -0.1) is 0 Å². The van der Waals surface area contributed by atoms with E-state index in [2.05, 4.69) is 4.98 Å². The number of imidazole rings is 1. The number of hydrogen-bond acceptors (Lipinski definition) is 4. The first-order chi connectivity index (χ1) is 10.6. The molecule has 1 aromatic heterocycles. The first kappa shape index (κ1) is 17.4. The first-order valence-corrected chi connectivity index (χ1v) is 8.59. The van der Waals surface area contributed by atoms with Gasteiger partial charge >= 0.3 is 0 Å². The van der Waals surface area contributed by atoms with Gasteiger partial charge in [0.1, 0.15) is 17.3 Å². The molecule has 2 aromatic rings. The molecule has 124 valence electrons. The smallest absolute Gasteiger partial charge is 0.284 e. The van der Waals surface area contributed by atoms with Gasteiger partial charge in [-0.2, -0.15) is 0 Å². The molecule has 1 N–H and O–H groups in total. The third-order valence-electron chi connectivity index (χ3n) is 3.15. The Kier molecular flexibility index (Phi) is 4.76. The number of halogens is 2. The fourth-order valence-corrected chi connectivity index (χ4v) is 2.67. The van der Waals surface area contributed by atoms with Gasteiger partial charge in [-0.05, 0) is 26.0 Å². The lowest BCUT2D eigenvalue weighted by molar-refractivity contribution is 0.0976. The fourth-order valence-electron chi connectivity index (χ4n) is 1.82. The van der Waals surface area contributed by atoms with Crippen LogP contribution in [0, 0.1) is 5.82 Å². The van der Waals surface area contributed by atoms with Crippen molar-refractivity contribution in [1.29, 1.82) is 0 Å². The van der Waals surface area contributed by atoms with E-state index in [0.717, 1.165) is 0 Å². The maximum absolute atomic E-state index is 14.0. The number of rotatable bonds is 4. The Morgan fingerprint density at radius 2 is 2.04 bits per heavy atom. The number of aryl methyl sites for hydroxylation is 1. The second kappa shape index (κ2) is 6.29. The number of nitrogens with one attached hydrogen (secondary N) is 1. The monoisotopic (exact) mass is 359 g/mol. The van der Waals surface area contributed by atoms with Crippen LogP contribution >= 0.6 is 11.6 Å². The molecule has 0 fully saturated rings. The molecule has 0 radical (unpaired) electrons. The molecule has 1 heterocycles. The Balaban J connectivity index is 2.41.